The van der Waals surface area contributed by atoms with Gasteiger partial charge in [0.05, 0.1) is 5.69 Å². The summed E-state index contributed by atoms with van der Waals surface area (Å²) in [6.45, 7) is 2.44. The standard InChI is InChI=1S/C53H49NS/c1-2-34-30-35-14-12-15-36(31-34)53(35)45-20-8-5-18-42(45)51-46(53)21-13-22-48(51)54(37-25-27-50-43(32-37)41-17-6-9-23-49(41)55-50)38-24-26-40-39-16-4-7-19-44(39)52(47(40)33-38)28-10-3-11-29-52/h4-9,13,16-27,32-36H,2-3,10-12,14-15,28-31H2,1H3. The Morgan fingerprint density at radius 2 is 1.24 bits per heavy atom. The molecule has 0 N–H and O–H groups in total. The molecule has 3 fully saturated rings. The monoisotopic (exact) mass is 731 g/mol. The largest absolute Gasteiger partial charge is 0.310 e. The van der Waals surface area contributed by atoms with Crippen molar-refractivity contribution in [3.63, 3.8) is 0 Å². The predicted octanol–water partition coefficient (Wildman–Crippen LogP) is 15.3. The van der Waals surface area contributed by atoms with Gasteiger partial charge in [-0.2, -0.15) is 0 Å². The average molecular weight is 732 g/mol. The van der Waals surface area contributed by atoms with Gasteiger partial charge in [-0.1, -0.05) is 124 Å². The maximum Gasteiger partial charge on any atom is 0.0543 e. The van der Waals surface area contributed by atoms with Crippen LogP contribution in [0.5, 0.6) is 0 Å². The van der Waals surface area contributed by atoms with Crippen molar-refractivity contribution in [1.29, 1.82) is 0 Å². The summed E-state index contributed by atoms with van der Waals surface area (Å²) in [5.74, 6) is 2.26. The number of hydrogen-bond donors (Lipinski definition) is 0. The smallest absolute Gasteiger partial charge is 0.0543 e. The minimum absolute atomic E-state index is 0.101. The normalized spacial score (nSPS) is 24.2. The van der Waals surface area contributed by atoms with Crippen molar-refractivity contribution in [3.8, 4) is 22.3 Å². The molecule has 7 aromatic rings. The zero-order valence-corrected chi connectivity index (χ0v) is 32.8. The van der Waals surface area contributed by atoms with Gasteiger partial charge in [0.15, 0.2) is 0 Å². The highest BCUT2D eigenvalue weighted by Crippen LogP contribution is 2.67. The molecule has 0 saturated heterocycles. The lowest BCUT2D eigenvalue weighted by Gasteiger charge is -2.55. The molecule has 1 nitrogen and oxygen atoms in total. The van der Waals surface area contributed by atoms with Crippen LogP contribution < -0.4 is 4.90 Å². The van der Waals surface area contributed by atoms with Crippen LogP contribution in [-0.2, 0) is 10.8 Å². The van der Waals surface area contributed by atoms with Gasteiger partial charge in [0, 0.05) is 47.9 Å². The van der Waals surface area contributed by atoms with Crippen LogP contribution in [0.4, 0.5) is 17.1 Å². The van der Waals surface area contributed by atoms with Crippen LogP contribution in [0, 0.1) is 17.8 Å². The van der Waals surface area contributed by atoms with Gasteiger partial charge in [0.2, 0.25) is 0 Å². The van der Waals surface area contributed by atoms with Crippen molar-refractivity contribution in [3.05, 3.63) is 150 Å². The summed E-state index contributed by atoms with van der Waals surface area (Å²) in [7, 11) is 0. The molecule has 0 amide bonds. The third kappa shape index (κ3) is 4.41. The van der Waals surface area contributed by atoms with E-state index in [2.05, 4.69) is 139 Å². The summed E-state index contributed by atoms with van der Waals surface area (Å²) in [4.78, 5) is 2.67. The van der Waals surface area contributed by atoms with Crippen LogP contribution in [-0.4, -0.2) is 0 Å². The molecular formula is C53H49NS. The molecule has 0 aliphatic heterocycles. The first-order valence-electron chi connectivity index (χ1n) is 21.4. The van der Waals surface area contributed by atoms with Gasteiger partial charge < -0.3 is 4.90 Å². The summed E-state index contributed by atoms with van der Waals surface area (Å²) < 4.78 is 2.72. The van der Waals surface area contributed by atoms with Gasteiger partial charge in [-0.25, -0.2) is 0 Å². The van der Waals surface area contributed by atoms with Gasteiger partial charge in [0.1, 0.15) is 0 Å². The van der Waals surface area contributed by atoms with Crippen LogP contribution in [0.1, 0.15) is 99.8 Å². The minimum atomic E-state index is 0.101. The Morgan fingerprint density at radius 3 is 2.07 bits per heavy atom. The van der Waals surface area contributed by atoms with Crippen molar-refractivity contribution in [2.75, 3.05) is 4.90 Å². The minimum Gasteiger partial charge on any atom is -0.310 e. The van der Waals surface area contributed by atoms with E-state index in [9.17, 15) is 0 Å². The highest BCUT2D eigenvalue weighted by atomic mass is 32.1. The van der Waals surface area contributed by atoms with E-state index >= 15 is 0 Å². The van der Waals surface area contributed by atoms with E-state index in [-0.39, 0.29) is 10.8 Å². The van der Waals surface area contributed by atoms with E-state index in [1.165, 1.54) is 130 Å². The SMILES string of the molecule is CCC1CC2CCCC(C1)C21c2ccccc2-c2c(N(c3ccc4c(c3)C3(CCCCC3)c3ccccc3-4)c3ccc4sc5ccccc5c4c3)cccc21. The van der Waals surface area contributed by atoms with Gasteiger partial charge in [-0.3, -0.25) is 0 Å². The second-order valence-corrected chi connectivity index (χ2v) is 18.8. The molecule has 5 aliphatic carbocycles. The molecule has 2 atom stereocenters. The Hall–Kier alpha value is -4.66. The van der Waals surface area contributed by atoms with Crippen LogP contribution in [0.2, 0.25) is 0 Å². The molecule has 2 unspecified atom stereocenters. The first-order chi connectivity index (χ1) is 27.2. The molecule has 2 bridgehead atoms. The fraction of sp³-hybridized carbons (Fsp3) is 0.321. The topological polar surface area (TPSA) is 3.24 Å². The van der Waals surface area contributed by atoms with Crippen molar-refractivity contribution >= 4 is 48.6 Å². The van der Waals surface area contributed by atoms with Crippen molar-refractivity contribution in [2.24, 2.45) is 17.8 Å². The molecule has 0 radical (unpaired) electrons. The summed E-state index contributed by atoms with van der Waals surface area (Å²) in [5, 5.41) is 2.72. The van der Waals surface area contributed by atoms with Gasteiger partial charge in [0.25, 0.3) is 0 Å². The number of hydrogen-bond acceptors (Lipinski definition) is 2. The Bertz CT molecular complexity index is 2640. The average Bonchev–Trinajstić information content (AvgIpc) is 3.84. The highest BCUT2D eigenvalue weighted by Gasteiger charge is 2.58. The molecule has 1 heterocycles. The van der Waals surface area contributed by atoms with Crippen LogP contribution >= 0.6 is 11.3 Å². The lowest BCUT2D eigenvalue weighted by molar-refractivity contribution is 0.0492. The van der Waals surface area contributed by atoms with E-state index in [0.717, 1.165) is 5.92 Å². The maximum absolute atomic E-state index is 2.67. The number of thiophene rings is 1. The first-order valence-corrected chi connectivity index (χ1v) is 22.2. The number of benzene rings is 6. The van der Waals surface area contributed by atoms with E-state index in [4.69, 9.17) is 0 Å². The first kappa shape index (κ1) is 32.6. The predicted molar refractivity (Wildman–Crippen MR) is 233 cm³/mol. The Kier molecular flexibility index (Phi) is 7.21. The summed E-state index contributed by atoms with van der Waals surface area (Å²) in [5.41, 5.74) is 16.3. The van der Waals surface area contributed by atoms with Crippen LogP contribution in [0.25, 0.3) is 42.4 Å². The summed E-state index contributed by atoms with van der Waals surface area (Å²) >= 11 is 1.92. The Morgan fingerprint density at radius 1 is 0.564 bits per heavy atom. The van der Waals surface area contributed by atoms with Gasteiger partial charge >= 0.3 is 0 Å². The van der Waals surface area contributed by atoms with E-state index in [1.54, 1.807) is 22.3 Å². The molecule has 1 aromatic heterocycles. The zero-order chi connectivity index (χ0) is 36.3. The Labute approximate surface area is 330 Å². The Balaban J connectivity index is 1.12. The molecule has 2 heteroatoms. The number of anilines is 3. The van der Waals surface area contributed by atoms with Crippen LogP contribution in [0.15, 0.2) is 127 Å². The number of nitrogens with zero attached hydrogens (tertiary/aromatic N) is 1. The zero-order valence-electron chi connectivity index (χ0n) is 32.0. The lowest BCUT2D eigenvalue weighted by Crippen LogP contribution is -2.49. The third-order valence-corrected chi connectivity index (χ3v) is 16.6. The molecule has 12 rings (SSSR count). The molecule has 6 aromatic carbocycles. The van der Waals surface area contributed by atoms with Gasteiger partial charge in [-0.15, -0.1) is 11.3 Å². The van der Waals surface area contributed by atoms with E-state index in [0.29, 0.717) is 11.8 Å². The summed E-state index contributed by atoms with van der Waals surface area (Å²) in [6.07, 6.45) is 14.6. The fourth-order valence-corrected chi connectivity index (χ4v) is 14.3. The number of fused-ring (bicyclic) bond motifs is 11. The van der Waals surface area contributed by atoms with E-state index < -0.39 is 0 Å². The molecule has 5 aliphatic rings. The number of rotatable bonds is 4. The van der Waals surface area contributed by atoms with Crippen molar-refractivity contribution < 1.29 is 0 Å². The quantitative estimate of drug-likeness (QED) is 0.174. The molecule has 3 saturated carbocycles. The third-order valence-electron chi connectivity index (χ3n) is 15.4. The fourth-order valence-electron chi connectivity index (χ4n) is 13.2. The van der Waals surface area contributed by atoms with Crippen molar-refractivity contribution in [1.82, 2.24) is 0 Å². The molecular weight excluding hydrogens is 683 g/mol. The van der Waals surface area contributed by atoms with Crippen molar-refractivity contribution in [2.45, 2.75) is 88.4 Å². The highest BCUT2D eigenvalue weighted by molar-refractivity contribution is 7.25. The van der Waals surface area contributed by atoms with E-state index in [1.807, 2.05) is 11.3 Å². The second-order valence-electron chi connectivity index (χ2n) is 17.7. The lowest BCUT2D eigenvalue weighted by atomic mass is 9.49. The second kappa shape index (κ2) is 12.2. The van der Waals surface area contributed by atoms with Crippen LogP contribution in [0.3, 0.4) is 0 Å². The molecule has 55 heavy (non-hydrogen) atoms. The van der Waals surface area contributed by atoms with Gasteiger partial charge in [-0.05, 0) is 138 Å². The molecule has 2 spiro atoms. The summed E-state index contributed by atoms with van der Waals surface area (Å²) in [6, 6.07) is 50.3. The molecule has 272 valence electrons. The maximum atomic E-state index is 2.67.